The number of rotatable bonds is 0. The number of hydrogen-bond acceptors (Lipinski definition) is 1. The maximum absolute atomic E-state index is 3.78. The second-order valence-electron chi connectivity index (χ2n) is 1.02. The van der Waals surface area contributed by atoms with E-state index in [1.165, 1.54) is 0 Å². The highest BCUT2D eigenvalue weighted by molar-refractivity contribution is 4.88. The standard InChI is InChI=1S/C5H5N.3C2H4/c1-2-4-6-5-3-1;3*1-2/h1-5H;3*1-2H2. The van der Waals surface area contributed by atoms with Gasteiger partial charge in [-0.1, -0.05) is 6.07 Å². The first-order chi connectivity index (χ1) is 6.00. The van der Waals surface area contributed by atoms with Crippen LogP contribution in [0, 0.1) is 0 Å². The summed E-state index contributed by atoms with van der Waals surface area (Å²) in [5.41, 5.74) is 0. The zero-order chi connectivity index (χ0) is 10.2. The Morgan fingerprint density at radius 3 is 1.00 bits per heavy atom. The van der Waals surface area contributed by atoms with Gasteiger partial charge in [-0.15, -0.1) is 39.5 Å². The van der Waals surface area contributed by atoms with Gasteiger partial charge in [0.1, 0.15) is 0 Å². The SMILES string of the molecule is C=C.C=C.C=C.c1ccncc1. The van der Waals surface area contributed by atoms with Crippen LogP contribution in [0.25, 0.3) is 0 Å². The molecule has 1 aromatic heterocycles. The van der Waals surface area contributed by atoms with E-state index < -0.39 is 0 Å². The van der Waals surface area contributed by atoms with Crippen molar-refractivity contribution in [1.29, 1.82) is 0 Å². The Hall–Kier alpha value is -1.63. The van der Waals surface area contributed by atoms with E-state index in [9.17, 15) is 0 Å². The van der Waals surface area contributed by atoms with Crippen LogP contribution in [0.3, 0.4) is 0 Å². The van der Waals surface area contributed by atoms with Crippen molar-refractivity contribution in [3.05, 3.63) is 70.1 Å². The van der Waals surface area contributed by atoms with E-state index in [0.717, 1.165) is 0 Å². The maximum Gasteiger partial charge on any atom is 0.0267 e. The first kappa shape index (κ1) is 16.8. The van der Waals surface area contributed by atoms with Crippen molar-refractivity contribution < 1.29 is 0 Å². The average molecular weight is 163 g/mol. The monoisotopic (exact) mass is 163 g/mol. The summed E-state index contributed by atoms with van der Waals surface area (Å²) in [7, 11) is 0. The molecule has 1 heterocycles. The number of pyridine rings is 1. The summed E-state index contributed by atoms with van der Waals surface area (Å²) in [6.45, 7) is 18.0. The summed E-state index contributed by atoms with van der Waals surface area (Å²) in [4.78, 5) is 3.78. The van der Waals surface area contributed by atoms with E-state index in [1.807, 2.05) is 18.2 Å². The lowest BCUT2D eigenvalue weighted by Crippen LogP contribution is -1.58. The van der Waals surface area contributed by atoms with Crippen molar-refractivity contribution in [1.82, 2.24) is 4.98 Å². The van der Waals surface area contributed by atoms with Gasteiger partial charge >= 0.3 is 0 Å². The van der Waals surface area contributed by atoms with Gasteiger partial charge in [0.15, 0.2) is 0 Å². The quantitative estimate of drug-likeness (QED) is 0.533. The van der Waals surface area contributed by atoms with Crippen LogP contribution < -0.4 is 0 Å². The molecule has 0 unspecified atom stereocenters. The minimum atomic E-state index is 1.75. The average Bonchev–Trinajstić information content (AvgIpc) is 2.29. The highest BCUT2D eigenvalue weighted by Crippen LogP contribution is 1.73. The zero-order valence-corrected chi connectivity index (χ0v) is 7.58. The molecule has 0 bridgehead atoms. The van der Waals surface area contributed by atoms with Gasteiger partial charge in [0.25, 0.3) is 0 Å². The Balaban J connectivity index is -0.000000117. The van der Waals surface area contributed by atoms with Crippen molar-refractivity contribution in [3.8, 4) is 0 Å². The fourth-order valence-electron chi connectivity index (χ4n) is 0.313. The fraction of sp³-hybridized carbons (Fsp3) is 0. The van der Waals surface area contributed by atoms with Crippen LogP contribution in [0.2, 0.25) is 0 Å². The topological polar surface area (TPSA) is 12.9 Å². The minimum Gasteiger partial charge on any atom is -0.265 e. The lowest BCUT2D eigenvalue weighted by atomic mass is 10.5. The van der Waals surface area contributed by atoms with Crippen LogP contribution in [-0.2, 0) is 0 Å². The molecule has 0 saturated carbocycles. The molecule has 0 aliphatic carbocycles. The van der Waals surface area contributed by atoms with Crippen molar-refractivity contribution in [2.45, 2.75) is 0 Å². The summed E-state index contributed by atoms with van der Waals surface area (Å²) in [6, 6.07) is 5.72. The predicted molar refractivity (Wildman–Crippen MR) is 58.0 cm³/mol. The Morgan fingerprint density at radius 1 is 0.583 bits per heavy atom. The molecule has 1 heteroatoms. The molecule has 66 valence electrons. The normalized spacial score (nSPS) is 5.00. The Morgan fingerprint density at radius 2 is 0.917 bits per heavy atom. The second kappa shape index (κ2) is 34.4. The molecular formula is C11H17N. The summed E-state index contributed by atoms with van der Waals surface area (Å²) in [6.07, 6.45) is 3.50. The summed E-state index contributed by atoms with van der Waals surface area (Å²) >= 11 is 0. The molecule has 12 heavy (non-hydrogen) atoms. The van der Waals surface area contributed by atoms with E-state index >= 15 is 0 Å². The molecule has 0 N–H and O–H groups in total. The molecule has 0 fully saturated rings. The smallest absolute Gasteiger partial charge is 0.0267 e. The molecule has 0 atom stereocenters. The highest BCUT2D eigenvalue weighted by atomic mass is 14.6. The van der Waals surface area contributed by atoms with Crippen molar-refractivity contribution >= 4 is 0 Å². The van der Waals surface area contributed by atoms with E-state index in [0.29, 0.717) is 0 Å². The van der Waals surface area contributed by atoms with E-state index in [4.69, 9.17) is 0 Å². The van der Waals surface area contributed by atoms with Gasteiger partial charge in [0.05, 0.1) is 0 Å². The molecule has 0 saturated heterocycles. The summed E-state index contributed by atoms with van der Waals surface area (Å²) in [5, 5.41) is 0. The van der Waals surface area contributed by atoms with Crippen LogP contribution >= 0.6 is 0 Å². The van der Waals surface area contributed by atoms with E-state index in [2.05, 4.69) is 44.5 Å². The lowest BCUT2D eigenvalue weighted by Gasteiger charge is -1.70. The molecule has 0 spiro atoms. The summed E-state index contributed by atoms with van der Waals surface area (Å²) in [5.74, 6) is 0. The third-order valence-electron chi connectivity index (χ3n) is 0.566. The van der Waals surface area contributed by atoms with Gasteiger partial charge in [-0.05, 0) is 12.1 Å². The molecule has 1 aromatic rings. The minimum absolute atomic E-state index is 1.75. The van der Waals surface area contributed by atoms with Crippen LogP contribution in [-0.4, -0.2) is 4.98 Å². The van der Waals surface area contributed by atoms with Crippen molar-refractivity contribution in [2.24, 2.45) is 0 Å². The molecule has 0 radical (unpaired) electrons. The van der Waals surface area contributed by atoms with Gasteiger partial charge in [0, 0.05) is 12.4 Å². The lowest BCUT2D eigenvalue weighted by molar-refractivity contribution is 1.33. The zero-order valence-electron chi connectivity index (χ0n) is 7.58. The van der Waals surface area contributed by atoms with E-state index in [-0.39, 0.29) is 0 Å². The maximum atomic E-state index is 3.78. The van der Waals surface area contributed by atoms with Gasteiger partial charge in [-0.25, -0.2) is 0 Å². The molecule has 0 aliphatic rings. The number of nitrogens with zero attached hydrogens (tertiary/aromatic N) is 1. The van der Waals surface area contributed by atoms with Gasteiger partial charge < -0.3 is 0 Å². The molecule has 0 aromatic carbocycles. The molecule has 0 aliphatic heterocycles. The predicted octanol–water partition coefficient (Wildman–Crippen LogP) is 3.49. The van der Waals surface area contributed by atoms with E-state index in [1.54, 1.807) is 12.4 Å². The summed E-state index contributed by atoms with van der Waals surface area (Å²) < 4.78 is 0. The molecule has 1 nitrogen and oxygen atoms in total. The first-order valence-corrected chi connectivity index (χ1v) is 3.35. The van der Waals surface area contributed by atoms with Crippen LogP contribution in [0.5, 0.6) is 0 Å². The highest BCUT2D eigenvalue weighted by Gasteiger charge is 1.58. The van der Waals surface area contributed by atoms with Crippen LogP contribution in [0.1, 0.15) is 0 Å². The fourth-order valence-corrected chi connectivity index (χ4v) is 0.313. The Kier molecular flexibility index (Phi) is 48.0. The number of hydrogen-bond donors (Lipinski definition) is 0. The third kappa shape index (κ3) is 23.8. The molecule has 0 amide bonds. The largest absolute Gasteiger partial charge is 0.265 e. The van der Waals surface area contributed by atoms with Crippen LogP contribution in [0.15, 0.2) is 70.1 Å². The van der Waals surface area contributed by atoms with Crippen molar-refractivity contribution in [3.63, 3.8) is 0 Å². The second-order valence-corrected chi connectivity index (χ2v) is 1.02. The molecule has 1 rings (SSSR count). The van der Waals surface area contributed by atoms with Gasteiger partial charge in [-0.3, -0.25) is 4.98 Å². The van der Waals surface area contributed by atoms with Gasteiger partial charge in [-0.2, -0.15) is 0 Å². The Labute approximate surface area is 75.8 Å². The van der Waals surface area contributed by atoms with Crippen LogP contribution in [0.4, 0.5) is 0 Å². The first-order valence-electron chi connectivity index (χ1n) is 3.35. The number of aromatic nitrogens is 1. The Bertz CT molecular complexity index is 105. The third-order valence-corrected chi connectivity index (χ3v) is 0.566. The molecular weight excluding hydrogens is 146 g/mol. The van der Waals surface area contributed by atoms with Crippen molar-refractivity contribution in [2.75, 3.05) is 0 Å². The van der Waals surface area contributed by atoms with Gasteiger partial charge in [0.2, 0.25) is 0 Å².